The zero-order chi connectivity index (χ0) is 16.9. The SMILES string of the molecule is Cc1cccc(N2CC[C@@H](C(=O)NCCc3ccccn3)C2=O)c1. The fourth-order valence-corrected chi connectivity index (χ4v) is 2.96. The number of nitrogens with one attached hydrogen (secondary N) is 1. The average Bonchev–Trinajstić information content (AvgIpc) is 2.97. The number of aryl methyl sites for hydroxylation is 1. The van der Waals surface area contributed by atoms with E-state index in [1.165, 1.54) is 0 Å². The highest BCUT2D eigenvalue weighted by atomic mass is 16.2. The average molecular weight is 323 g/mol. The first-order valence-electron chi connectivity index (χ1n) is 8.21. The quantitative estimate of drug-likeness (QED) is 0.857. The maximum Gasteiger partial charge on any atom is 0.239 e. The van der Waals surface area contributed by atoms with Gasteiger partial charge in [0.1, 0.15) is 5.92 Å². The minimum absolute atomic E-state index is 0.115. The second-order valence-electron chi connectivity index (χ2n) is 6.03. The van der Waals surface area contributed by atoms with Gasteiger partial charge in [-0.25, -0.2) is 0 Å². The number of carbonyl (C=O) groups excluding carboxylic acids is 2. The highest BCUT2D eigenvalue weighted by Crippen LogP contribution is 2.25. The number of amides is 2. The van der Waals surface area contributed by atoms with Gasteiger partial charge in [0, 0.05) is 37.1 Å². The van der Waals surface area contributed by atoms with Crippen molar-refractivity contribution in [3.05, 3.63) is 59.9 Å². The Morgan fingerprint density at radius 2 is 2.17 bits per heavy atom. The van der Waals surface area contributed by atoms with E-state index in [0.717, 1.165) is 16.9 Å². The molecular weight excluding hydrogens is 302 g/mol. The molecule has 2 amide bonds. The van der Waals surface area contributed by atoms with Crippen LogP contribution in [0.4, 0.5) is 5.69 Å². The van der Waals surface area contributed by atoms with Crippen LogP contribution in [0.1, 0.15) is 17.7 Å². The second kappa shape index (κ2) is 7.25. The van der Waals surface area contributed by atoms with Gasteiger partial charge in [-0.3, -0.25) is 14.6 Å². The maximum atomic E-state index is 12.5. The summed E-state index contributed by atoms with van der Waals surface area (Å²) in [6, 6.07) is 13.5. The fourth-order valence-electron chi connectivity index (χ4n) is 2.96. The first-order chi connectivity index (χ1) is 11.6. The third kappa shape index (κ3) is 3.62. The van der Waals surface area contributed by atoms with Crippen molar-refractivity contribution >= 4 is 17.5 Å². The van der Waals surface area contributed by atoms with Crippen LogP contribution < -0.4 is 10.2 Å². The Morgan fingerprint density at radius 3 is 2.92 bits per heavy atom. The zero-order valence-electron chi connectivity index (χ0n) is 13.7. The van der Waals surface area contributed by atoms with E-state index in [9.17, 15) is 9.59 Å². The third-order valence-corrected chi connectivity index (χ3v) is 4.24. The number of hydrogen-bond acceptors (Lipinski definition) is 3. The molecule has 1 saturated heterocycles. The largest absolute Gasteiger partial charge is 0.355 e. The standard InChI is InChI=1S/C19H21N3O2/c1-14-5-4-7-16(13-14)22-12-9-17(19(22)24)18(23)21-11-8-15-6-2-3-10-20-15/h2-7,10,13,17H,8-9,11-12H2,1H3,(H,21,23)/t17-/m0/s1. The Balaban J connectivity index is 1.55. The van der Waals surface area contributed by atoms with Crippen molar-refractivity contribution in [2.75, 3.05) is 18.0 Å². The van der Waals surface area contributed by atoms with E-state index in [-0.39, 0.29) is 11.8 Å². The van der Waals surface area contributed by atoms with Crippen LogP contribution >= 0.6 is 0 Å². The van der Waals surface area contributed by atoms with E-state index < -0.39 is 5.92 Å². The number of aromatic nitrogens is 1. The van der Waals surface area contributed by atoms with E-state index in [2.05, 4.69) is 10.3 Å². The van der Waals surface area contributed by atoms with Crippen molar-refractivity contribution in [2.45, 2.75) is 19.8 Å². The summed E-state index contributed by atoms with van der Waals surface area (Å²) in [7, 11) is 0. The van der Waals surface area contributed by atoms with Crippen LogP contribution in [0, 0.1) is 12.8 Å². The Morgan fingerprint density at radius 1 is 1.29 bits per heavy atom. The van der Waals surface area contributed by atoms with E-state index in [0.29, 0.717) is 25.9 Å². The van der Waals surface area contributed by atoms with Gasteiger partial charge < -0.3 is 10.2 Å². The molecule has 1 N–H and O–H groups in total. The van der Waals surface area contributed by atoms with Gasteiger partial charge in [0.2, 0.25) is 11.8 Å². The number of nitrogens with zero attached hydrogens (tertiary/aromatic N) is 2. The molecule has 1 aliphatic rings. The van der Waals surface area contributed by atoms with Gasteiger partial charge >= 0.3 is 0 Å². The van der Waals surface area contributed by atoms with Gasteiger partial charge in [-0.05, 0) is 43.2 Å². The van der Waals surface area contributed by atoms with Gasteiger partial charge in [-0.15, -0.1) is 0 Å². The van der Waals surface area contributed by atoms with Crippen LogP contribution in [-0.4, -0.2) is 29.9 Å². The Kier molecular flexibility index (Phi) is 4.89. The molecule has 0 aliphatic carbocycles. The van der Waals surface area contributed by atoms with Crippen LogP contribution in [-0.2, 0) is 16.0 Å². The van der Waals surface area contributed by atoms with Gasteiger partial charge in [-0.2, -0.15) is 0 Å². The molecule has 0 saturated carbocycles. The van der Waals surface area contributed by atoms with E-state index in [4.69, 9.17) is 0 Å². The molecule has 3 rings (SSSR count). The van der Waals surface area contributed by atoms with Crippen LogP contribution in [0.2, 0.25) is 0 Å². The molecule has 24 heavy (non-hydrogen) atoms. The van der Waals surface area contributed by atoms with Crippen LogP contribution in [0.25, 0.3) is 0 Å². The Labute approximate surface area is 141 Å². The molecular formula is C19H21N3O2. The Hall–Kier alpha value is -2.69. The first kappa shape index (κ1) is 16.2. The molecule has 5 nitrogen and oxygen atoms in total. The third-order valence-electron chi connectivity index (χ3n) is 4.24. The normalized spacial score (nSPS) is 17.1. The maximum absolute atomic E-state index is 12.5. The van der Waals surface area contributed by atoms with Crippen molar-refractivity contribution in [2.24, 2.45) is 5.92 Å². The molecule has 1 atom stereocenters. The summed E-state index contributed by atoms with van der Waals surface area (Å²) >= 11 is 0. The summed E-state index contributed by atoms with van der Waals surface area (Å²) < 4.78 is 0. The minimum atomic E-state index is -0.589. The molecule has 5 heteroatoms. The van der Waals surface area contributed by atoms with Crippen LogP contribution in [0.5, 0.6) is 0 Å². The van der Waals surface area contributed by atoms with Crippen molar-refractivity contribution in [1.29, 1.82) is 0 Å². The highest BCUT2D eigenvalue weighted by molar-refractivity contribution is 6.09. The molecule has 0 radical (unpaired) electrons. The number of rotatable bonds is 5. The van der Waals surface area contributed by atoms with Gasteiger partial charge in [0.15, 0.2) is 0 Å². The van der Waals surface area contributed by atoms with E-state index in [1.807, 2.05) is 49.4 Å². The molecule has 1 aromatic heterocycles. The molecule has 1 aliphatic heterocycles. The molecule has 0 unspecified atom stereocenters. The van der Waals surface area contributed by atoms with Crippen molar-refractivity contribution in [3.8, 4) is 0 Å². The summed E-state index contributed by atoms with van der Waals surface area (Å²) in [5.41, 5.74) is 2.89. The number of anilines is 1. The van der Waals surface area contributed by atoms with Gasteiger partial charge in [-0.1, -0.05) is 18.2 Å². The molecule has 0 bridgehead atoms. The van der Waals surface area contributed by atoms with Crippen LogP contribution in [0.3, 0.4) is 0 Å². The lowest BCUT2D eigenvalue weighted by molar-refractivity contribution is -0.132. The summed E-state index contributed by atoms with van der Waals surface area (Å²) in [5, 5.41) is 2.86. The summed E-state index contributed by atoms with van der Waals surface area (Å²) in [6.45, 7) is 3.07. The number of carbonyl (C=O) groups is 2. The number of pyridine rings is 1. The minimum Gasteiger partial charge on any atom is -0.355 e. The monoisotopic (exact) mass is 323 g/mol. The van der Waals surface area contributed by atoms with E-state index in [1.54, 1.807) is 11.1 Å². The van der Waals surface area contributed by atoms with Crippen molar-refractivity contribution in [1.82, 2.24) is 10.3 Å². The molecule has 2 aromatic rings. The zero-order valence-corrected chi connectivity index (χ0v) is 13.7. The predicted octanol–water partition coefficient (Wildman–Crippen LogP) is 2.10. The first-order valence-corrected chi connectivity index (χ1v) is 8.21. The summed E-state index contributed by atoms with van der Waals surface area (Å²) in [6.07, 6.45) is 2.95. The van der Waals surface area contributed by atoms with Crippen LogP contribution in [0.15, 0.2) is 48.7 Å². The fraction of sp³-hybridized carbons (Fsp3) is 0.316. The lowest BCUT2D eigenvalue weighted by Gasteiger charge is -2.17. The van der Waals surface area contributed by atoms with Crippen molar-refractivity contribution in [3.63, 3.8) is 0 Å². The van der Waals surface area contributed by atoms with Gasteiger partial charge in [0.05, 0.1) is 0 Å². The molecule has 1 aromatic carbocycles. The number of hydrogen-bond donors (Lipinski definition) is 1. The molecule has 1 fully saturated rings. The number of benzene rings is 1. The molecule has 0 spiro atoms. The second-order valence-corrected chi connectivity index (χ2v) is 6.03. The smallest absolute Gasteiger partial charge is 0.239 e. The summed E-state index contributed by atoms with van der Waals surface area (Å²) in [4.78, 5) is 30.8. The highest BCUT2D eigenvalue weighted by Gasteiger charge is 2.37. The molecule has 124 valence electrons. The van der Waals surface area contributed by atoms with E-state index >= 15 is 0 Å². The molecule has 2 heterocycles. The van der Waals surface area contributed by atoms with Gasteiger partial charge in [0.25, 0.3) is 0 Å². The lowest BCUT2D eigenvalue weighted by Crippen LogP contribution is -2.37. The van der Waals surface area contributed by atoms with Crippen molar-refractivity contribution < 1.29 is 9.59 Å². The lowest BCUT2D eigenvalue weighted by atomic mass is 10.1. The Bertz CT molecular complexity index is 730. The topological polar surface area (TPSA) is 62.3 Å². The summed E-state index contributed by atoms with van der Waals surface area (Å²) in [5.74, 6) is -0.892. The predicted molar refractivity (Wildman–Crippen MR) is 92.6 cm³/mol.